The van der Waals surface area contributed by atoms with Crippen molar-refractivity contribution >= 4 is 22.2 Å². The minimum atomic E-state index is 0.182. The highest BCUT2D eigenvalue weighted by Gasteiger charge is 2.17. The molecule has 2 aromatic rings. The minimum Gasteiger partial charge on any atom is -0.490 e. The van der Waals surface area contributed by atoms with Crippen LogP contribution in [0.3, 0.4) is 0 Å². The molecular formula is C20H23BrO3. The minimum absolute atomic E-state index is 0.182. The summed E-state index contributed by atoms with van der Waals surface area (Å²) in [6.07, 6.45) is 1.90. The summed E-state index contributed by atoms with van der Waals surface area (Å²) in [5.74, 6) is 1.54. The second-order valence-corrected chi connectivity index (χ2v) is 7.12. The molecule has 0 atom stereocenters. The summed E-state index contributed by atoms with van der Waals surface area (Å²) in [5, 5.41) is 0. The lowest BCUT2D eigenvalue weighted by molar-refractivity contribution is 0.112. The van der Waals surface area contributed by atoms with Crippen molar-refractivity contribution in [2.45, 2.75) is 32.6 Å². The van der Waals surface area contributed by atoms with Crippen LogP contribution >= 0.6 is 15.9 Å². The number of halogens is 1. The lowest BCUT2D eigenvalue weighted by Crippen LogP contribution is -2.15. The molecule has 4 heteroatoms. The van der Waals surface area contributed by atoms with Crippen LogP contribution in [0.5, 0.6) is 11.5 Å². The molecule has 0 saturated heterocycles. The normalized spacial score (nSPS) is 11.2. The third-order valence-corrected chi connectivity index (χ3v) is 4.84. The van der Waals surface area contributed by atoms with Gasteiger partial charge in [-0.2, -0.15) is 0 Å². The molecule has 0 aliphatic heterocycles. The van der Waals surface area contributed by atoms with Crippen LogP contribution in [0, 0.1) is 0 Å². The summed E-state index contributed by atoms with van der Waals surface area (Å²) >= 11 is 3.39. The van der Waals surface area contributed by atoms with Crippen LogP contribution in [0.15, 0.2) is 46.9 Å². The number of rotatable bonds is 8. The Labute approximate surface area is 152 Å². The Bertz CT molecular complexity index is 678. The van der Waals surface area contributed by atoms with E-state index < -0.39 is 0 Å². The molecule has 0 aromatic heterocycles. The predicted molar refractivity (Wildman–Crippen MR) is 100 cm³/mol. The summed E-state index contributed by atoms with van der Waals surface area (Å²) in [5.41, 5.74) is 2.11. The summed E-state index contributed by atoms with van der Waals surface area (Å²) in [6, 6.07) is 13.5. The fourth-order valence-electron chi connectivity index (χ4n) is 2.23. The first kappa shape index (κ1) is 18.5. The first-order valence-corrected chi connectivity index (χ1v) is 8.86. The topological polar surface area (TPSA) is 35.5 Å². The molecule has 0 aliphatic carbocycles. The van der Waals surface area contributed by atoms with Gasteiger partial charge in [-0.05, 0) is 63.7 Å². The van der Waals surface area contributed by atoms with Gasteiger partial charge < -0.3 is 9.47 Å². The fraction of sp³-hybridized carbons (Fsp3) is 0.350. The van der Waals surface area contributed by atoms with Crippen molar-refractivity contribution in [2.75, 3.05) is 13.2 Å². The Morgan fingerprint density at radius 2 is 1.71 bits per heavy atom. The number of hydrogen-bond acceptors (Lipinski definition) is 3. The lowest BCUT2D eigenvalue weighted by atomic mass is 9.82. The quantitative estimate of drug-likeness (QED) is 0.446. The van der Waals surface area contributed by atoms with E-state index in [4.69, 9.17) is 9.47 Å². The molecule has 0 spiro atoms. The van der Waals surface area contributed by atoms with Crippen molar-refractivity contribution < 1.29 is 14.3 Å². The van der Waals surface area contributed by atoms with Crippen LogP contribution in [0.25, 0.3) is 0 Å². The molecule has 0 N–H and O–H groups in total. The van der Waals surface area contributed by atoms with Gasteiger partial charge in [0.15, 0.2) is 0 Å². The smallest absolute Gasteiger partial charge is 0.150 e. The average Bonchev–Trinajstić information content (AvgIpc) is 2.60. The van der Waals surface area contributed by atoms with E-state index in [-0.39, 0.29) is 5.41 Å². The second kappa shape index (κ2) is 8.34. The van der Waals surface area contributed by atoms with Gasteiger partial charge in [-0.1, -0.05) is 32.9 Å². The maximum Gasteiger partial charge on any atom is 0.150 e. The van der Waals surface area contributed by atoms with E-state index >= 15 is 0 Å². The maximum absolute atomic E-state index is 10.7. The molecule has 0 radical (unpaired) electrons. The van der Waals surface area contributed by atoms with Crippen LogP contribution < -0.4 is 9.47 Å². The van der Waals surface area contributed by atoms with Gasteiger partial charge >= 0.3 is 0 Å². The van der Waals surface area contributed by atoms with E-state index in [0.717, 1.165) is 22.9 Å². The van der Waals surface area contributed by atoms with Gasteiger partial charge in [-0.25, -0.2) is 0 Å². The Kier molecular flexibility index (Phi) is 6.44. The van der Waals surface area contributed by atoms with Gasteiger partial charge in [0.05, 0.1) is 4.47 Å². The second-order valence-electron chi connectivity index (χ2n) is 6.27. The molecule has 0 saturated carbocycles. The number of benzene rings is 2. The number of carbonyl (C=O) groups is 1. The van der Waals surface area contributed by atoms with Crippen molar-refractivity contribution in [3.05, 3.63) is 58.1 Å². The highest BCUT2D eigenvalue weighted by molar-refractivity contribution is 9.10. The number of carbonyl (C=O) groups excluding carboxylic acids is 1. The summed E-state index contributed by atoms with van der Waals surface area (Å²) in [4.78, 5) is 10.7. The Balaban J connectivity index is 1.83. The highest BCUT2D eigenvalue weighted by atomic mass is 79.9. The summed E-state index contributed by atoms with van der Waals surface area (Å²) < 4.78 is 12.1. The molecule has 24 heavy (non-hydrogen) atoms. The average molecular weight is 391 g/mol. The van der Waals surface area contributed by atoms with E-state index in [1.807, 2.05) is 12.1 Å². The van der Waals surface area contributed by atoms with Crippen LogP contribution in [0.1, 0.15) is 43.1 Å². The monoisotopic (exact) mass is 390 g/mol. The Morgan fingerprint density at radius 3 is 2.29 bits per heavy atom. The van der Waals surface area contributed by atoms with E-state index in [2.05, 4.69) is 48.8 Å². The van der Waals surface area contributed by atoms with Crippen molar-refractivity contribution in [1.29, 1.82) is 0 Å². The van der Waals surface area contributed by atoms with Gasteiger partial charge in [0, 0.05) is 5.56 Å². The molecule has 0 bridgehead atoms. The summed E-state index contributed by atoms with van der Waals surface area (Å²) in [6.45, 7) is 7.57. The summed E-state index contributed by atoms with van der Waals surface area (Å²) in [7, 11) is 0. The molecule has 0 unspecified atom stereocenters. The molecular weight excluding hydrogens is 368 g/mol. The van der Waals surface area contributed by atoms with Gasteiger partial charge in [-0.3, -0.25) is 4.79 Å². The van der Waals surface area contributed by atoms with E-state index in [9.17, 15) is 4.79 Å². The predicted octanol–water partition coefficient (Wildman–Crippen LogP) is 5.41. The molecule has 0 heterocycles. The zero-order valence-corrected chi connectivity index (χ0v) is 15.9. The Morgan fingerprint density at radius 1 is 1.04 bits per heavy atom. The molecule has 0 fully saturated rings. The van der Waals surface area contributed by atoms with Gasteiger partial charge in [-0.15, -0.1) is 0 Å². The van der Waals surface area contributed by atoms with Crippen LogP contribution in [0.4, 0.5) is 0 Å². The molecule has 0 amide bonds. The highest BCUT2D eigenvalue weighted by Crippen LogP contribution is 2.28. The van der Waals surface area contributed by atoms with Gasteiger partial charge in [0.25, 0.3) is 0 Å². The third kappa shape index (κ3) is 4.84. The van der Waals surface area contributed by atoms with E-state index in [0.29, 0.717) is 24.5 Å². The molecule has 2 rings (SSSR count). The maximum atomic E-state index is 10.7. The van der Waals surface area contributed by atoms with Crippen molar-refractivity contribution in [1.82, 2.24) is 0 Å². The fourth-order valence-corrected chi connectivity index (χ4v) is 2.74. The number of aldehydes is 1. The van der Waals surface area contributed by atoms with Crippen molar-refractivity contribution in [2.24, 2.45) is 0 Å². The number of ether oxygens (including phenoxy) is 2. The molecule has 2 aromatic carbocycles. The van der Waals surface area contributed by atoms with Crippen molar-refractivity contribution in [3.63, 3.8) is 0 Å². The van der Waals surface area contributed by atoms with Gasteiger partial charge in [0.2, 0.25) is 0 Å². The largest absolute Gasteiger partial charge is 0.490 e. The first-order valence-electron chi connectivity index (χ1n) is 8.07. The first-order chi connectivity index (χ1) is 11.5. The third-order valence-electron chi connectivity index (χ3n) is 4.22. The van der Waals surface area contributed by atoms with E-state index in [1.54, 1.807) is 18.2 Å². The molecule has 128 valence electrons. The van der Waals surface area contributed by atoms with Crippen LogP contribution in [0.2, 0.25) is 0 Å². The number of hydrogen-bond donors (Lipinski definition) is 0. The zero-order chi connectivity index (χ0) is 17.6. The van der Waals surface area contributed by atoms with Crippen LogP contribution in [-0.2, 0) is 5.41 Å². The van der Waals surface area contributed by atoms with Crippen LogP contribution in [-0.4, -0.2) is 19.5 Å². The Hall–Kier alpha value is -1.81. The van der Waals surface area contributed by atoms with E-state index in [1.165, 1.54) is 5.56 Å². The lowest BCUT2D eigenvalue weighted by Gasteiger charge is -2.23. The van der Waals surface area contributed by atoms with Gasteiger partial charge in [0.1, 0.15) is 31.0 Å². The standard InChI is InChI=1S/C20H23BrO3/c1-4-20(2,3)16-6-8-17(9-7-16)23-11-12-24-19-10-5-15(14-22)13-18(19)21/h5-10,13-14H,4,11-12H2,1-3H3. The molecule has 3 nitrogen and oxygen atoms in total. The zero-order valence-electron chi connectivity index (χ0n) is 14.3. The van der Waals surface area contributed by atoms with Crippen molar-refractivity contribution in [3.8, 4) is 11.5 Å². The SMILES string of the molecule is CCC(C)(C)c1ccc(OCCOc2ccc(C=O)cc2Br)cc1. The molecule has 0 aliphatic rings.